The first-order valence-electron chi connectivity index (χ1n) is 11.7. The lowest BCUT2D eigenvalue weighted by atomic mass is 9.99. The lowest BCUT2D eigenvalue weighted by Crippen LogP contribution is -2.36. The number of aromatic nitrogens is 1. The Kier molecular flexibility index (Phi) is 7.13. The maximum atomic E-state index is 13.2. The molecule has 0 bridgehead atoms. The molecule has 0 radical (unpaired) electrons. The van der Waals surface area contributed by atoms with E-state index in [1.165, 1.54) is 12.1 Å². The van der Waals surface area contributed by atoms with Crippen molar-refractivity contribution in [1.82, 2.24) is 9.88 Å². The van der Waals surface area contributed by atoms with Crippen LogP contribution in [0.1, 0.15) is 42.1 Å². The van der Waals surface area contributed by atoms with Gasteiger partial charge in [-0.05, 0) is 49.4 Å². The molecule has 1 aromatic heterocycles. The van der Waals surface area contributed by atoms with Crippen LogP contribution in [0, 0.1) is 16.0 Å². The van der Waals surface area contributed by atoms with E-state index in [2.05, 4.69) is 11.9 Å². The van der Waals surface area contributed by atoms with Crippen LogP contribution in [0.4, 0.5) is 30.4 Å². The largest absolute Gasteiger partial charge is 0.417 e. The number of hydrogen-bond donors (Lipinski definition) is 0. The Bertz CT molecular complexity index is 1080. The Labute approximate surface area is 201 Å². The summed E-state index contributed by atoms with van der Waals surface area (Å²) in [6, 6.07) is 7.00. The lowest BCUT2D eigenvalue weighted by Gasteiger charge is -2.32. The van der Waals surface area contributed by atoms with Gasteiger partial charge in [0, 0.05) is 57.1 Å². The standard InChI is InChI=1S/C24H28F3N5O3/c1-17-4-2-9-31(16-17)20-7-5-18(14-21(20)32(34)35)23(33)30-11-3-10-29(12-13-30)22-8-6-19(15-28-22)24(25,26)27/h5-8,14-15,17H,2-4,9-13,16H2,1H3. The average molecular weight is 492 g/mol. The van der Waals surface area contributed by atoms with Crippen LogP contribution >= 0.6 is 0 Å². The van der Waals surface area contributed by atoms with Crippen molar-refractivity contribution in [2.45, 2.75) is 32.4 Å². The van der Waals surface area contributed by atoms with Crippen LogP contribution in [0.3, 0.4) is 0 Å². The summed E-state index contributed by atoms with van der Waals surface area (Å²) in [7, 11) is 0. The number of alkyl halides is 3. The van der Waals surface area contributed by atoms with Crippen LogP contribution < -0.4 is 9.80 Å². The number of nitro benzene ring substituents is 1. The number of amides is 1. The van der Waals surface area contributed by atoms with Gasteiger partial charge in [0.2, 0.25) is 0 Å². The summed E-state index contributed by atoms with van der Waals surface area (Å²) in [4.78, 5) is 34.0. The number of hydrogen-bond acceptors (Lipinski definition) is 6. The van der Waals surface area contributed by atoms with E-state index in [1.54, 1.807) is 17.0 Å². The monoisotopic (exact) mass is 491 g/mol. The molecule has 1 aromatic carbocycles. The van der Waals surface area contributed by atoms with E-state index in [9.17, 15) is 28.1 Å². The number of nitrogens with zero attached hydrogens (tertiary/aromatic N) is 5. The molecule has 1 atom stereocenters. The van der Waals surface area contributed by atoms with E-state index >= 15 is 0 Å². The fourth-order valence-electron chi connectivity index (χ4n) is 4.75. The van der Waals surface area contributed by atoms with Crippen LogP contribution in [-0.4, -0.2) is 60.0 Å². The van der Waals surface area contributed by atoms with Gasteiger partial charge in [0.25, 0.3) is 11.6 Å². The number of benzene rings is 1. The van der Waals surface area contributed by atoms with Gasteiger partial charge in [0.15, 0.2) is 0 Å². The number of halogens is 3. The summed E-state index contributed by atoms with van der Waals surface area (Å²) in [6.45, 7) is 5.32. The number of nitro groups is 1. The number of piperidine rings is 1. The first-order chi connectivity index (χ1) is 16.6. The Morgan fingerprint density at radius 2 is 1.83 bits per heavy atom. The van der Waals surface area contributed by atoms with Crippen molar-refractivity contribution in [2.24, 2.45) is 5.92 Å². The Morgan fingerprint density at radius 3 is 2.49 bits per heavy atom. The molecule has 35 heavy (non-hydrogen) atoms. The van der Waals surface area contributed by atoms with Crippen LogP contribution in [-0.2, 0) is 6.18 Å². The number of carbonyl (C=O) groups excluding carboxylic acids is 1. The molecule has 4 rings (SSSR count). The topological polar surface area (TPSA) is 82.8 Å². The van der Waals surface area contributed by atoms with Gasteiger partial charge in [-0.25, -0.2) is 4.98 Å². The second kappa shape index (κ2) is 10.1. The molecule has 2 aliphatic rings. The molecule has 3 heterocycles. The predicted molar refractivity (Wildman–Crippen MR) is 126 cm³/mol. The van der Waals surface area contributed by atoms with Crippen molar-refractivity contribution in [2.75, 3.05) is 49.1 Å². The summed E-state index contributed by atoms with van der Waals surface area (Å²) in [5, 5.41) is 11.8. The summed E-state index contributed by atoms with van der Waals surface area (Å²) >= 11 is 0. The molecule has 0 aliphatic carbocycles. The maximum Gasteiger partial charge on any atom is 0.417 e. The highest BCUT2D eigenvalue weighted by Crippen LogP contribution is 2.33. The third kappa shape index (κ3) is 5.66. The molecule has 2 saturated heterocycles. The third-order valence-corrected chi connectivity index (χ3v) is 6.60. The summed E-state index contributed by atoms with van der Waals surface area (Å²) in [5.41, 5.74) is -0.0904. The van der Waals surface area contributed by atoms with Gasteiger partial charge in [0.1, 0.15) is 11.5 Å². The van der Waals surface area contributed by atoms with Crippen molar-refractivity contribution in [1.29, 1.82) is 0 Å². The zero-order chi connectivity index (χ0) is 25.2. The zero-order valence-electron chi connectivity index (χ0n) is 19.5. The molecule has 8 nitrogen and oxygen atoms in total. The summed E-state index contributed by atoms with van der Waals surface area (Å²) in [6.07, 6.45) is -0.975. The molecule has 0 saturated carbocycles. The van der Waals surface area contributed by atoms with Crippen molar-refractivity contribution < 1.29 is 22.9 Å². The van der Waals surface area contributed by atoms with Crippen LogP contribution in [0.15, 0.2) is 36.5 Å². The van der Waals surface area contributed by atoms with Crippen molar-refractivity contribution in [3.8, 4) is 0 Å². The van der Waals surface area contributed by atoms with Crippen molar-refractivity contribution >= 4 is 23.1 Å². The normalized spacial score (nSPS) is 19.4. The Morgan fingerprint density at radius 1 is 1.06 bits per heavy atom. The number of pyridine rings is 1. The number of rotatable bonds is 4. The van der Waals surface area contributed by atoms with Crippen LogP contribution in [0.2, 0.25) is 0 Å². The first kappa shape index (κ1) is 24.7. The average Bonchev–Trinajstić information content (AvgIpc) is 3.09. The highest BCUT2D eigenvalue weighted by atomic mass is 19.4. The molecule has 2 aliphatic heterocycles. The summed E-state index contributed by atoms with van der Waals surface area (Å²) < 4.78 is 38.4. The lowest BCUT2D eigenvalue weighted by molar-refractivity contribution is -0.384. The van der Waals surface area contributed by atoms with Gasteiger partial charge in [-0.1, -0.05) is 6.92 Å². The second-order valence-electron chi connectivity index (χ2n) is 9.19. The quantitative estimate of drug-likeness (QED) is 0.459. The molecule has 1 amide bonds. The molecule has 0 N–H and O–H groups in total. The summed E-state index contributed by atoms with van der Waals surface area (Å²) in [5.74, 6) is 0.570. The molecular weight excluding hydrogens is 463 g/mol. The van der Waals surface area contributed by atoms with E-state index in [0.717, 1.165) is 38.2 Å². The SMILES string of the molecule is CC1CCCN(c2ccc(C(=O)N3CCCN(c4ccc(C(F)(F)F)cn4)CC3)cc2[N+](=O)[O-])C1. The van der Waals surface area contributed by atoms with Gasteiger partial charge in [-0.15, -0.1) is 0 Å². The first-order valence-corrected chi connectivity index (χ1v) is 11.7. The highest BCUT2D eigenvalue weighted by Gasteiger charge is 2.31. The minimum atomic E-state index is -4.45. The van der Waals surface area contributed by atoms with E-state index in [0.29, 0.717) is 50.0 Å². The molecular formula is C24H28F3N5O3. The van der Waals surface area contributed by atoms with Gasteiger partial charge >= 0.3 is 6.18 Å². The molecule has 2 fully saturated rings. The van der Waals surface area contributed by atoms with Crippen LogP contribution in [0.5, 0.6) is 0 Å². The van der Waals surface area contributed by atoms with Gasteiger partial charge in [-0.3, -0.25) is 14.9 Å². The van der Waals surface area contributed by atoms with Crippen molar-refractivity contribution in [3.05, 3.63) is 57.8 Å². The Hall–Kier alpha value is -3.37. The minimum absolute atomic E-state index is 0.0737. The highest BCUT2D eigenvalue weighted by molar-refractivity contribution is 5.96. The second-order valence-corrected chi connectivity index (χ2v) is 9.19. The fraction of sp³-hybridized carbons (Fsp3) is 0.500. The number of anilines is 2. The van der Waals surface area contributed by atoms with E-state index in [-0.39, 0.29) is 17.2 Å². The fourth-order valence-corrected chi connectivity index (χ4v) is 4.75. The van der Waals surface area contributed by atoms with Gasteiger partial charge in [-0.2, -0.15) is 13.2 Å². The van der Waals surface area contributed by atoms with E-state index < -0.39 is 16.7 Å². The molecule has 11 heteroatoms. The van der Waals surface area contributed by atoms with Gasteiger partial charge in [0.05, 0.1) is 10.5 Å². The molecule has 1 unspecified atom stereocenters. The van der Waals surface area contributed by atoms with Crippen LogP contribution in [0.25, 0.3) is 0 Å². The maximum absolute atomic E-state index is 13.2. The zero-order valence-corrected chi connectivity index (χ0v) is 19.5. The predicted octanol–water partition coefficient (Wildman–Crippen LogP) is 4.60. The van der Waals surface area contributed by atoms with E-state index in [1.807, 2.05) is 9.80 Å². The minimum Gasteiger partial charge on any atom is -0.366 e. The van der Waals surface area contributed by atoms with Crippen molar-refractivity contribution in [3.63, 3.8) is 0 Å². The van der Waals surface area contributed by atoms with E-state index in [4.69, 9.17) is 0 Å². The Balaban J connectivity index is 1.46. The molecule has 2 aromatic rings. The number of carbonyl (C=O) groups is 1. The molecule has 188 valence electrons. The van der Waals surface area contributed by atoms with Gasteiger partial charge < -0.3 is 14.7 Å². The molecule has 0 spiro atoms. The third-order valence-electron chi connectivity index (χ3n) is 6.60. The smallest absolute Gasteiger partial charge is 0.366 e.